The number of pyridine rings is 1. The van der Waals surface area contributed by atoms with Crippen molar-refractivity contribution < 1.29 is 0 Å². The van der Waals surface area contributed by atoms with Crippen molar-refractivity contribution in [2.75, 3.05) is 0 Å². The zero-order valence-electron chi connectivity index (χ0n) is 7.97. The number of rotatable bonds is 0. The highest BCUT2D eigenvalue weighted by Gasteiger charge is 2.11. The zero-order valence-corrected chi connectivity index (χ0v) is 9.49. The Bertz CT molecular complexity index is 758. The van der Waals surface area contributed by atoms with Crippen LogP contribution in [0.15, 0.2) is 29.2 Å². The molecule has 2 N–H and O–H groups in total. The molecule has 0 radical (unpaired) electrons. The third-order valence-electron chi connectivity index (χ3n) is 2.58. The largest absolute Gasteiger partial charge is 0.350 e. The van der Waals surface area contributed by atoms with Crippen molar-refractivity contribution in [3.63, 3.8) is 0 Å². The summed E-state index contributed by atoms with van der Waals surface area (Å²) in [6, 6.07) is 5.32. The van der Waals surface area contributed by atoms with E-state index in [1.54, 1.807) is 18.3 Å². The van der Waals surface area contributed by atoms with Crippen LogP contribution in [0.5, 0.6) is 0 Å². The molecule has 0 amide bonds. The maximum atomic E-state index is 11.6. The van der Waals surface area contributed by atoms with Gasteiger partial charge in [0.2, 0.25) is 0 Å². The van der Waals surface area contributed by atoms with Crippen LogP contribution in [0.3, 0.4) is 0 Å². The maximum Gasteiger partial charge on any atom is 0.272 e. The molecule has 0 saturated heterocycles. The minimum Gasteiger partial charge on any atom is -0.350 e. The van der Waals surface area contributed by atoms with E-state index in [1.165, 1.54) is 0 Å². The van der Waals surface area contributed by atoms with E-state index in [2.05, 4.69) is 9.97 Å². The number of nitrogens with one attached hydrogen (secondary N) is 2. The minimum atomic E-state index is -0.166. The van der Waals surface area contributed by atoms with E-state index in [9.17, 15) is 4.79 Å². The molecule has 0 aliphatic carbocycles. The highest BCUT2D eigenvalue weighted by molar-refractivity contribution is 6.46. The van der Waals surface area contributed by atoms with Crippen molar-refractivity contribution in [3.8, 4) is 0 Å². The van der Waals surface area contributed by atoms with Gasteiger partial charge in [0.05, 0.1) is 10.0 Å². The molecule has 16 heavy (non-hydrogen) atoms. The molecule has 2 heterocycles. The Kier molecular flexibility index (Phi) is 1.99. The first-order chi connectivity index (χ1) is 7.68. The summed E-state index contributed by atoms with van der Waals surface area (Å²) in [6.45, 7) is 0. The molecule has 1 aromatic carbocycles. The van der Waals surface area contributed by atoms with Crippen LogP contribution < -0.4 is 5.56 Å². The number of hydrogen-bond acceptors (Lipinski definition) is 1. The van der Waals surface area contributed by atoms with Crippen molar-refractivity contribution in [3.05, 3.63) is 44.8 Å². The third kappa shape index (κ3) is 1.19. The van der Waals surface area contributed by atoms with Gasteiger partial charge in [-0.1, -0.05) is 23.2 Å². The van der Waals surface area contributed by atoms with E-state index in [-0.39, 0.29) is 5.56 Å². The molecular weight excluding hydrogens is 247 g/mol. The summed E-state index contributed by atoms with van der Waals surface area (Å²) in [6.07, 6.45) is 1.59. The molecule has 2 aromatic heterocycles. The SMILES string of the molecule is O=c1[nH]ccc2c1[nH]c1ccc(Cl)c(Cl)c12. The van der Waals surface area contributed by atoms with E-state index < -0.39 is 0 Å². The fourth-order valence-corrected chi connectivity index (χ4v) is 2.29. The Morgan fingerprint density at radius 3 is 2.75 bits per heavy atom. The molecule has 0 aliphatic rings. The third-order valence-corrected chi connectivity index (χ3v) is 3.39. The Morgan fingerprint density at radius 2 is 1.94 bits per heavy atom. The average Bonchev–Trinajstić information content (AvgIpc) is 2.64. The van der Waals surface area contributed by atoms with Crippen LogP contribution in [0.2, 0.25) is 10.0 Å². The Balaban J connectivity index is 2.68. The Morgan fingerprint density at radius 1 is 1.12 bits per heavy atom. The Hall–Kier alpha value is -1.45. The number of benzene rings is 1. The molecular formula is C11H6Cl2N2O. The molecule has 3 rings (SSSR count). The maximum absolute atomic E-state index is 11.6. The predicted molar refractivity (Wildman–Crippen MR) is 66.4 cm³/mol. The van der Waals surface area contributed by atoms with Gasteiger partial charge in [-0.2, -0.15) is 0 Å². The second-order valence-electron chi connectivity index (χ2n) is 3.50. The zero-order chi connectivity index (χ0) is 11.3. The lowest BCUT2D eigenvalue weighted by Crippen LogP contribution is -2.03. The van der Waals surface area contributed by atoms with Gasteiger partial charge in [-0.3, -0.25) is 4.79 Å². The number of H-pyrrole nitrogens is 2. The van der Waals surface area contributed by atoms with Gasteiger partial charge >= 0.3 is 0 Å². The second-order valence-corrected chi connectivity index (χ2v) is 4.29. The highest BCUT2D eigenvalue weighted by Crippen LogP contribution is 2.34. The van der Waals surface area contributed by atoms with Crippen LogP contribution in [-0.2, 0) is 0 Å². The summed E-state index contributed by atoms with van der Waals surface area (Å²) in [5.41, 5.74) is 1.16. The van der Waals surface area contributed by atoms with Crippen molar-refractivity contribution in [1.29, 1.82) is 0 Å². The van der Waals surface area contributed by atoms with Crippen molar-refractivity contribution in [2.24, 2.45) is 0 Å². The van der Waals surface area contributed by atoms with Gasteiger partial charge in [0.1, 0.15) is 5.52 Å². The number of hydrogen-bond donors (Lipinski definition) is 2. The topological polar surface area (TPSA) is 48.6 Å². The molecule has 80 valence electrons. The molecule has 0 spiro atoms. The van der Waals surface area contributed by atoms with Gasteiger partial charge in [0.15, 0.2) is 0 Å². The average molecular weight is 253 g/mol. The highest BCUT2D eigenvalue weighted by atomic mass is 35.5. The van der Waals surface area contributed by atoms with Gasteiger partial charge in [-0.15, -0.1) is 0 Å². The van der Waals surface area contributed by atoms with Gasteiger partial charge in [0.25, 0.3) is 5.56 Å². The first kappa shape index (κ1) is 9.75. The second kappa shape index (κ2) is 3.27. The normalized spacial score (nSPS) is 11.4. The quantitative estimate of drug-likeness (QED) is 0.634. The van der Waals surface area contributed by atoms with Gasteiger partial charge in [-0.05, 0) is 18.2 Å². The predicted octanol–water partition coefficient (Wildman–Crippen LogP) is 3.32. The number of fused-ring (bicyclic) bond motifs is 3. The smallest absolute Gasteiger partial charge is 0.272 e. The molecule has 0 aliphatic heterocycles. The summed E-state index contributed by atoms with van der Waals surface area (Å²) < 4.78 is 0. The summed E-state index contributed by atoms with van der Waals surface area (Å²) in [7, 11) is 0. The van der Waals surface area contributed by atoms with Crippen LogP contribution >= 0.6 is 23.2 Å². The monoisotopic (exact) mass is 252 g/mol. The fourth-order valence-electron chi connectivity index (χ4n) is 1.86. The van der Waals surface area contributed by atoms with E-state index in [1.807, 2.05) is 6.07 Å². The summed E-state index contributed by atoms with van der Waals surface area (Å²) in [4.78, 5) is 17.2. The van der Waals surface area contributed by atoms with Crippen molar-refractivity contribution >= 4 is 45.0 Å². The van der Waals surface area contributed by atoms with Crippen molar-refractivity contribution in [1.82, 2.24) is 9.97 Å². The number of halogens is 2. The lowest BCUT2D eigenvalue weighted by Gasteiger charge is -1.97. The van der Waals surface area contributed by atoms with Crippen LogP contribution in [0.4, 0.5) is 0 Å². The lowest BCUT2D eigenvalue weighted by molar-refractivity contribution is 1.26. The van der Waals surface area contributed by atoms with Crippen LogP contribution in [0.25, 0.3) is 21.8 Å². The van der Waals surface area contributed by atoms with Gasteiger partial charge in [0, 0.05) is 22.5 Å². The molecule has 3 nitrogen and oxygen atoms in total. The first-order valence-electron chi connectivity index (χ1n) is 4.65. The lowest BCUT2D eigenvalue weighted by atomic mass is 10.2. The molecule has 5 heteroatoms. The molecule has 0 saturated carbocycles. The van der Waals surface area contributed by atoms with Crippen molar-refractivity contribution in [2.45, 2.75) is 0 Å². The van der Waals surface area contributed by atoms with Gasteiger partial charge < -0.3 is 9.97 Å². The summed E-state index contributed by atoms with van der Waals surface area (Å²) >= 11 is 12.1. The first-order valence-corrected chi connectivity index (χ1v) is 5.41. The van der Waals surface area contributed by atoms with E-state index in [4.69, 9.17) is 23.2 Å². The van der Waals surface area contributed by atoms with E-state index in [0.29, 0.717) is 15.6 Å². The molecule has 0 unspecified atom stereocenters. The van der Waals surface area contributed by atoms with Crippen LogP contribution in [0, 0.1) is 0 Å². The standard InChI is InChI=1S/C11H6Cl2N2O/c12-6-1-2-7-8(9(6)13)5-3-4-14-11(16)10(5)15-7/h1-4,15H,(H,14,16). The number of aromatic nitrogens is 2. The summed E-state index contributed by atoms with van der Waals surface area (Å²) in [5, 5.41) is 2.52. The van der Waals surface area contributed by atoms with Crippen LogP contribution in [0.1, 0.15) is 0 Å². The van der Waals surface area contributed by atoms with Crippen LogP contribution in [-0.4, -0.2) is 9.97 Å². The van der Waals surface area contributed by atoms with E-state index in [0.717, 1.165) is 16.3 Å². The molecule has 0 atom stereocenters. The number of aromatic amines is 2. The summed E-state index contributed by atoms with van der Waals surface area (Å²) in [5.74, 6) is 0. The van der Waals surface area contributed by atoms with Gasteiger partial charge in [-0.25, -0.2) is 0 Å². The molecule has 3 aromatic rings. The van der Waals surface area contributed by atoms with E-state index >= 15 is 0 Å². The minimum absolute atomic E-state index is 0.166. The Labute approximate surface area is 100.0 Å². The fraction of sp³-hybridized carbons (Fsp3) is 0. The molecule has 0 fully saturated rings. The molecule has 0 bridgehead atoms.